The summed E-state index contributed by atoms with van der Waals surface area (Å²) in [6, 6.07) is 18.7. The lowest BCUT2D eigenvalue weighted by atomic mass is 9.90. The summed E-state index contributed by atoms with van der Waals surface area (Å²) in [6.45, 7) is 2.74. The number of carbonyl (C=O) groups is 1. The zero-order chi connectivity index (χ0) is 19.6. The maximum Gasteiger partial charge on any atom is 0.322 e. The first-order valence-corrected chi connectivity index (χ1v) is 10.2. The number of anilines is 1. The zero-order valence-electron chi connectivity index (χ0n) is 16.3. The first kappa shape index (κ1) is 17.9. The van der Waals surface area contributed by atoms with Crippen molar-refractivity contribution in [2.45, 2.75) is 31.5 Å². The van der Waals surface area contributed by atoms with Gasteiger partial charge in [-0.2, -0.15) is 0 Å². The molecule has 2 aliphatic rings. The van der Waals surface area contributed by atoms with Gasteiger partial charge in [-0.1, -0.05) is 48.5 Å². The molecule has 3 aromatic rings. The second kappa shape index (κ2) is 7.72. The summed E-state index contributed by atoms with van der Waals surface area (Å²) in [4.78, 5) is 25.2. The summed E-state index contributed by atoms with van der Waals surface area (Å²) in [5, 5.41) is 3.11. The number of fused-ring (bicyclic) bond motifs is 1. The Kier molecular flexibility index (Phi) is 4.77. The number of amides is 2. The normalized spacial score (nSPS) is 20.3. The molecule has 0 radical (unpaired) electrons. The number of imidazole rings is 1. The molecule has 0 aliphatic carbocycles. The highest BCUT2D eigenvalue weighted by Crippen LogP contribution is 2.40. The number of hydrogen-bond donors (Lipinski definition) is 2. The van der Waals surface area contributed by atoms with Gasteiger partial charge < -0.3 is 15.2 Å². The van der Waals surface area contributed by atoms with Gasteiger partial charge in [-0.3, -0.25) is 4.90 Å². The van der Waals surface area contributed by atoms with E-state index in [1.807, 2.05) is 24.4 Å². The second-order valence-corrected chi connectivity index (χ2v) is 7.78. The van der Waals surface area contributed by atoms with Crippen LogP contribution in [0.3, 0.4) is 0 Å². The number of likely N-dealkylation sites (tertiary alicyclic amines) is 1. The van der Waals surface area contributed by atoms with Gasteiger partial charge in [0.15, 0.2) is 0 Å². The van der Waals surface area contributed by atoms with Crippen molar-refractivity contribution in [3.05, 3.63) is 83.9 Å². The molecule has 2 amide bonds. The predicted molar refractivity (Wildman–Crippen MR) is 112 cm³/mol. The highest BCUT2D eigenvalue weighted by Gasteiger charge is 2.39. The number of nitrogens with zero attached hydrogens (tertiary/aromatic N) is 3. The molecule has 6 heteroatoms. The number of benzene rings is 2. The summed E-state index contributed by atoms with van der Waals surface area (Å²) < 4.78 is 0. The van der Waals surface area contributed by atoms with Gasteiger partial charge in [-0.05, 0) is 24.5 Å². The Balaban J connectivity index is 1.40. The van der Waals surface area contributed by atoms with Gasteiger partial charge in [-0.15, -0.1) is 0 Å². The van der Waals surface area contributed by atoms with Crippen LogP contribution < -0.4 is 5.32 Å². The minimum absolute atomic E-state index is 0.00189. The highest BCUT2D eigenvalue weighted by atomic mass is 16.2. The van der Waals surface area contributed by atoms with Crippen LogP contribution in [0.1, 0.15) is 35.8 Å². The van der Waals surface area contributed by atoms with E-state index in [0.717, 1.165) is 55.1 Å². The SMILES string of the molecule is O=C1Nc2ccccc2C(c2ccccc2)N1C1CCN(Cc2ncc[nH]2)CC1. The van der Waals surface area contributed by atoms with Gasteiger partial charge in [0.1, 0.15) is 5.82 Å². The van der Waals surface area contributed by atoms with Crippen LogP contribution in [0.2, 0.25) is 0 Å². The van der Waals surface area contributed by atoms with Crippen LogP contribution in [0.25, 0.3) is 0 Å². The van der Waals surface area contributed by atoms with Gasteiger partial charge in [-0.25, -0.2) is 9.78 Å². The first-order chi connectivity index (χ1) is 14.3. The summed E-state index contributed by atoms with van der Waals surface area (Å²) in [6.07, 6.45) is 5.57. The van der Waals surface area contributed by atoms with Crippen LogP contribution in [0.4, 0.5) is 10.5 Å². The van der Waals surface area contributed by atoms with Crippen molar-refractivity contribution in [3.8, 4) is 0 Å². The second-order valence-electron chi connectivity index (χ2n) is 7.78. The average Bonchev–Trinajstić information content (AvgIpc) is 3.27. The number of nitrogens with one attached hydrogen (secondary N) is 2. The Labute approximate surface area is 170 Å². The molecule has 1 fully saturated rings. The molecule has 29 heavy (non-hydrogen) atoms. The molecule has 1 saturated heterocycles. The lowest BCUT2D eigenvalue weighted by Gasteiger charge is -2.45. The summed E-state index contributed by atoms with van der Waals surface area (Å²) in [5.74, 6) is 0.996. The molecular weight excluding hydrogens is 362 g/mol. The summed E-state index contributed by atoms with van der Waals surface area (Å²) >= 11 is 0. The summed E-state index contributed by atoms with van der Waals surface area (Å²) in [5.41, 5.74) is 3.24. The Morgan fingerprint density at radius 1 is 1.00 bits per heavy atom. The van der Waals surface area contributed by atoms with Crippen LogP contribution in [0, 0.1) is 0 Å². The van der Waals surface area contributed by atoms with Crippen molar-refractivity contribution >= 4 is 11.7 Å². The van der Waals surface area contributed by atoms with Gasteiger partial charge in [0, 0.05) is 42.8 Å². The van der Waals surface area contributed by atoms with Crippen LogP contribution >= 0.6 is 0 Å². The van der Waals surface area contributed by atoms with Crippen LogP contribution in [-0.2, 0) is 6.54 Å². The monoisotopic (exact) mass is 387 g/mol. The fourth-order valence-electron chi connectivity index (χ4n) is 4.60. The third-order valence-corrected chi connectivity index (χ3v) is 6.00. The third-order valence-electron chi connectivity index (χ3n) is 6.00. The van der Waals surface area contributed by atoms with Gasteiger partial charge in [0.2, 0.25) is 0 Å². The number of carbonyl (C=O) groups excluding carboxylic acids is 1. The van der Waals surface area contributed by atoms with E-state index in [1.165, 1.54) is 0 Å². The van der Waals surface area contributed by atoms with E-state index in [9.17, 15) is 4.79 Å². The Hall–Kier alpha value is -3.12. The van der Waals surface area contributed by atoms with Gasteiger partial charge in [0.25, 0.3) is 0 Å². The highest BCUT2D eigenvalue weighted by molar-refractivity contribution is 5.93. The molecule has 1 unspecified atom stereocenters. The number of aromatic nitrogens is 2. The van der Waals surface area contributed by atoms with E-state index in [-0.39, 0.29) is 18.1 Å². The average molecular weight is 387 g/mol. The van der Waals surface area contributed by atoms with Crippen molar-refractivity contribution in [3.63, 3.8) is 0 Å². The number of para-hydroxylation sites is 1. The topological polar surface area (TPSA) is 64.3 Å². The van der Waals surface area contributed by atoms with Crippen LogP contribution in [0.5, 0.6) is 0 Å². The molecule has 6 nitrogen and oxygen atoms in total. The van der Waals surface area contributed by atoms with E-state index >= 15 is 0 Å². The van der Waals surface area contributed by atoms with Gasteiger partial charge >= 0.3 is 6.03 Å². The van der Waals surface area contributed by atoms with E-state index in [4.69, 9.17) is 0 Å². The Bertz CT molecular complexity index is 964. The van der Waals surface area contributed by atoms with E-state index in [1.54, 1.807) is 6.20 Å². The van der Waals surface area contributed by atoms with Crippen molar-refractivity contribution in [2.24, 2.45) is 0 Å². The molecule has 5 rings (SSSR count). The molecule has 0 saturated carbocycles. The maximum atomic E-state index is 13.2. The molecule has 3 heterocycles. The fraction of sp³-hybridized carbons (Fsp3) is 0.304. The molecule has 2 aliphatic heterocycles. The molecule has 2 aromatic carbocycles. The smallest absolute Gasteiger partial charge is 0.322 e. The third kappa shape index (κ3) is 3.51. The first-order valence-electron chi connectivity index (χ1n) is 10.2. The minimum Gasteiger partial charge on any atom is -0.348 e. The molecular formula is C23H25N5O. The van der Waals surface area contributed by atoms with E-state index in [2.05, 4.69) is 61.5 Å². The number of H-pyrrole nitrogens is 1. The number of piperidine rings is 1. The molecule has 148 valence electrons. The number of aromatic amines is 1. The van der Waals surface area contributed by atoms with Crippen molar-refractivity contribution < 1.29 is 4.79 Å². The number of rotatable bonds is 4. The molecule has 1 aromatic heterocycles. The summed E-state index contributed by atoms with van der Waals surface area (Å²) in [7, 11) is 0. The van der Waals surface area contributed by atoms with E-state index < -0.39 is 0 Å². The van der Waals surface area contributed by atoms with E-state index in [0.29, 0.717) is 0 Å². The Morgan fingerprint density at radius 3 is 2.52 bits per heavy atom. The van der Waals surface area contributed by atoms with Crippen LogP contribution in [-0.4, -0.2) is 44.9 Å². The molecule has 0 spiro atoms. The number of urea groups is 1. The van der Waals surface area contributed by atoms with Crippen LogP contribution in [0.15, 0.2) is 67.0 Å². The number of hydrogen-bond acceptors (Lipinski definition) is 3. The maximum absolute atomic E-state index is 13.2. The lowest BCUT2D eigenvalue weighted by Crippen LogP contribution is -2.52. The molecule has 0 bridgehead atoms. The quantitative estimate of drug-likeness (QED) is 0.711. The standard InChI is InChI=1S/C23H25N5O/c29-23-26-20-9-5-4-8-19(20)22(17-6-2-1-3-7-17)28(23)18-10-14-27(15-11-18)16-21-24-12-13-25-21/h1-9,12-13,18,22H,10-11,14-16H2,(H,24,25)(H,26,29). The minimum atomic E-state index is -0.0530. The fourth-order valence-corrected chi connectivity index (χ4v) is 4.60. The van der Waals surface area contributed by atoms with Gasteiger partial charge in [0.05, 0.1) is 12.6 Å². The van der Waals surface area contributed by atoms with Crippen molar-refractivity contribution in [2.75, 3.05) is 18.4 Å². The van der Waals surface area contributed by atoms with Crippen molar-refractivity contribution in [1.82, 2.24) is 19.8 Å². The molecule has 1 atom stereocenters. The largest absolute Gasteiger partial charge is 0.348 e. The Morgan fingerprint density at radius 2 is 1.76 bits per heavy atom. The predicted octanol–water partition coefficient (Wildman–Crippen LogP) is 4.01. The molecule has 2 N–H and O–H groups in total. The zero-order valence-corrected chi connectivity index (χ0v) is 16.3. The lowest BCUT2D eigenvalue weighted by molar-refractivity contribution is 0.104. The van der Waals surface area contributed by atoms with Crippen molar-refractivity contribution in [1.29, 1.82) is 0 Å².